The summed E-state index contributed by atoms with van der Waals surface area (Å²) in [7, 11) is 3.68. The van der Waals surface area contributed by atoms with Gasteiger partial charge in [-0.15, -0.1) is 6.58 Å². The molecular formula is C26H30N2O7. The van der Waals surface area contributed by atoms with E-state index in [1.807, 2.05) is 25.1 Å². The fourth-order valence-electron chi connectivity index (χ4n) is 5.75. The smallest absolute Gasteiger partial charge is 0.255 e. The number of nitrogens with zero attached hydrogens (tertiary/aromatic N) is 1. The van der Waals surface area contributed by atoms with E-state index in [2.05, 4.69) is 6.58 Å². The molecule has 35 heavy (non-hydrogen) atoms. The van der Waals surface area contributed by atoms with Gasteiger partial charge in [-0.3, -0.25) is 14.4 Å². The SMILES string of the molecule is C=CCCCc1cc(N(C)C)c2c(c1O)C(O)=C1C(=O)[C@]3(O)C(O)=C(C(N)=O)C(=O)C[C@@H]3C[C@@H]1C2. The molecule has 1 fully saturated rings. The van der Waals surface area contributed by atoms with Gasteiger partial charge in [0.1, 0.15) is 22.8 Å². The van der Waals surface area contributed by atoms with Crippen LogP contribution in [0.4, 0.5) is 5.69 Å². The van der Waals surface area contributed by atoms with Crippen molar-refractivity contribution >= 4 is 28.9 Å². The van der Waals surface area contributed by atoms with Crippen LogP contribution in [0.5, 0.6) is 5.75 Å². The Bertz CT molecular complexity index is 1230. The number of allylic oxidation sites excluding steroid dienone is 1. The molecule has 3 aliphatic carbocycles. The first-order valence-corrected chi connectivity index (χ1v) is 11.6. The highest BCUT2D eigenvalue weighted by Gasteiger charge is 2.60. The van der Waals surface area contributed by atoms with E-state index in [1.54, 1.807) is 6.08 Å². The highest BCUT2D eigenvalue weighted by molar-refractivity contribution is 6.22. The number of aliphatic hydroxyl groups is 3. The lowest BCUT2D eigenvalue weighted by Gasteiger charge is -2.46. The van der Waals surface area contributed by atoms with Crippen molar-refractivity contribution in [2.24, 2.45) is 17.6 Å². The molecule has 186 valence electrons. The maximum Gasteiger partial charge on any atom is 0.255 e. The third-order valence-electron chi connectivity index (χ3n) is 7.46. The Hall–Kier alpha value is -3.59. The number of phenolic OH excluding ortho intramolecular Hbond substituents is 1. The minimum atomic E-state index is -2.56. The normalized spacial score (nSPS) is 25.7. The van der Waals surface area contributed by atoms with Gasteiger partial charge in [0.25, 0.3) is 5.91 Å². The van der Waals surface area contributed by atoms with E-state index >= 15 is 0 Å². The van der Waals surface area contributed by atoms with Gasteiger partial charge in [0, 0.05) is 37.7 Å². The number of carbonyl (C=O) groups excluding carboxylic acids is 3. The number of primary amides is 1. The van der Waals surface area contributed by atoms with Crippen LogP contribution >= 0.6 is 0 Å². The van der Waals surface area contributed by atoms with Crippen molar-refractivity contribution in [1.29, 1.82) is 0 Å². The third kappa shape index (κ3) is 3.53. The van der Waals surface area contributed by atoms with Crippen molar-refractivity contribution in [2.45, 2.75) is 44.1 Å². The lowest BCUT2D eigenvalue weighted by molar-refractivity contribution is -0.147. The molecular weight excluding hydrogens is 452 g/mol. The lowest BCUT2D eigenvalue weighted by atomic mass is 9.59. The largest absolute Gasteiger partial charge is 0.508 e. The highest BCUT2D eigenvalue weighted by Crippen LogP contribution is 2.53. The number of anilines is 1. The van der Waals surface area contributed by atoms with Gasteiger partial charge < -0.3 is 31.1 Å². The van der Waals surface area contributed by atoms with Gasteiger partial charge in [-0.2, -0.15) is 0 Å². The molecule has 0 aliphatic heterocycles. The van der Waals surface area contributed by atoms with Crippen molar-refractivity contribution in [1.82, 2.24) is 0 Å². The summed E-state index contributed by atoms with van der Waals surface area (Å²) in [6.07, 6.45) is 3.81. The van der Waals surface area contributed by atoms with Crippen LogP contribution in [-0.4, -0.2) is 57.6 Å². The first-order chi connectivity index (χ1) is 16.4. The van der Waals surface area contributed by atoms with E-state index in [1.165, 1.54) is 0 Å². The van der Waals surface area contributed by atoms with Gasteiger partial charge in [0.15, 0.2) is 11.4 Å². The Morgan fingerprint density at radius 1 is 1.26 bits per heavy atom. The van der Waals surface area contributed by atoms with Crippen molar-refractivity contribution < 1.29 is 34.8 Å². The number of hydrogen-bond acceptors (Lipinski definition) is 8. The van der Waals surface area contributed by atoms with Crippen molar-refractivity contribution in [3.05, 3.63) is 52.3 Å². The summed E-state index contributed by atoms with van der Waals surface area (Å²) in [5, 5.41) is 44.4. The Balaban J connectivity index is 1.91. The molecule has 1 amide bonds. The molecule has 3 aliphatic rings. The first-order valence-electron chi connectivity index (χ1n) is 11.6. The molecule has 0 spiro atoms. The average Bonchev–Trinajstić information content (AvgIpc) is 2.77. The van der Waals surface area contributed by atoms with E-state index in [0.29, 0.717) is 17.5 Å². The van der Waals surface area contributed by atoms with Crippen LogP contribution in [0.25, 0.3) is 5.76 Å². The molecule has 1 saturated carbocycles. The number of fused-ring (bicyclic) bond motifs is 3. The molecule has 0 saturated heterocycles. The van der Waals surface area contributed by atoms with Gasteiger partial charge in [-0.1, -0.05) is 6.08 Å². The first kappa shape index (κ1) is 24.5. The molecule has 0 unspecified atom stereocenters. The molecule has 1 aromatic carbocycles. The monoisotopic (exact) mass is 482 g/mol. The number of rotatable bonds is 6. The maximum atomic E-state index is 13.6. The molecule has 3 atom stereocenters. The zero-order chi connectivity index (χ0) is 25.8. The Morgan fingerprint density at radius 3 is 2.54 bits per heavy atom. The second-order valence-corrected chi connectivity index (χ2v) is 9.74. The minimum Gasteiger partial charge on any atom is -0.508 e. The summed E-state index contributed by atoms with van der Waals surface area (Å²) in [4.78, 5) is 39.7. The minimum absolute atomic E-state index is 0.109. The quantitative estimate of drug-likeness (QED) is 0.234. The number of aromatic hydroxyl groups is 1. The summed E-state index contributed by atoms with van der Waals surface area (Å²) >= 11 is 0. The summed E-state index contributed by atoms with van der Waals surface area (Å²) in [5.41, 5.74) is 3.89. The van der Waals surface area contributed by atoms with Gasteiger partial charge in [-0.05, 0) is 55.2 Å². The molecule has 0 heterocycles. The lowest BCUT2D eigenvalue weighted by Crippen LogP contribution is -2.58. The van der Waals surface area contributed by atoms with Gasteiger partial charge in [0.05, 0.1) is 5.56 Å². The number of phenols is 1. The van der Waals surface area contributed by atoms with Crippen LogP contribution < -0.4 is 10.6 Å². The fraction of sp³-hybridized carbons (Fsp3) is 0.423. The summed E-state index contributed by atoms with van der Waals surface area (Å²) in [6.45, 7) is 3.71. The fourth-order valence-corrected chi connectivity index (χ4v) is 5.75. The van der Waals surface area contributed by atoms with Crippen molar-refractivity contribution in [2.75, 3.05) is 19.0 Å². The Kier molecular flexibility index (Phi) is 6.00. The number of ketones is 2. The zero-order valence-electron chi connectivity index (χ0n) is 19.8. The number of amides is 1. The van der Waals surface area contributed by atoms with E-state index in [0.717, 1.165) is 18.5 Å². The number of Topliss-reactive ketones (excluding diaryl/α,β-unsaturated/α-hetero) is 2. The third-order valence-corrected chi connectivity index (χ3v) is 7.46. The number of aliphatic hydroxyl groups excluding tert-OH is 2. The standard InChI is InChI=1S/C26H30N2O7/c1-4-5-6-7-12-10-16(28(2)3)15-9-13-8-14-11-17(29)20(25(27)34)24(33)26(14,35)23(32)18(13)22(31)19(15)21(12)30/h4,10,13-14,30-31,33,35H,1,5-9,11H2,2-3H3,(H2,27,34)/t13-,14+,26+/m1/s1. The number of benzene rings is 1. The number of hydrogen-bond donors (Lipinski definition) is 5. The highest BCUT2D eigenvalue weighted by atomic mass is 16.3. The number of nitrogens with two attached hydrogens (primary N) is 1. The van der Waals surface area contributed by atoms with Crippen LogP contribution in [-0.2, 0) is 27.2 Å². The zero-order valence-corrected chi connectivity index (χ0v) is 19.8. The summed E-state index contributed by atoms with van der Waals surface area (Å²) in [5.74, 6) is -6.18. The Morgan fingerprint density at radius 2 is 1.94 bits per heavy atom. The van der Waals surface area contributed by atoms with Crippen molar-refractivity contribution in [3.8, 4) is 5.75 Å². The predicted molar refractivity (Wildman–Crippen MR) is 129 cm³/mol. The van der Waals surface area contributed by atoms with E-state index in [-0.39, 0.29) is 36.1 Å². The summed E-state index contributed by atoms with van der Waals surface area (Å²) < 4.78 is 0. The maximum absolute atomic E-state index is 13.6. The van der Waals surface area contributed by atoms with Gasteiger partial charge >= 0.3 is 0 Å². The number of carbonyl (C=O) groups is 3. The van der Waals surface area contributed by atoms with Crippen molar-refractivity contribution in [3.63, 3.8) is 0 Å². The van der Waals surface area contributed by atoms with Crippen LogP contribution in [0.1, 0.15) is 42.4 Å². The molecule has 0 bridgehead atoms. The molecule has 9 nitrogen and oxygen atoms in total. The van der Waals surface area contributed by atoms with E-state index in [9.17, 15) is 34.8 Å². The van der Waals surface area contributed by atoms with Gasteiger partial charge in [-0.25, -0.2) is 0 Å². The molecule has 0 aromatic heterocycles. The molecule has 4 rings (SSSR count). The average molecular weight is 483 g/mol. The summed E-state index contributed by atoms with van der Waals surface area (Å²) in [6, 6.07) is 1.87. The van der Waals surface area contributed by atoms with E-state index in [4.69, 9.17) is 5.73 Å². The molecule has 1 aromatic rings. The molecule has 0 radical (unpaired) electrons. The van der Waals surface area contributed by atoms with Crippen LogP contribution in [0.2, 0.25) is 0 Å². The van der Waals surface area contributed by atoms with Crippen LogP contribution in [0.3, 0.4) is 0 Å². The second-order valence-electron chi connectivity index (χ2n) is 9.74. The van der Waals surface area contributed by atoms with Gasteiger partial charge in [0.2, 0.25) is 5.78 Å². The Labute approximate surface area is 202 Å². The second kappa shape index (κ2) is 8.57. The van der Waals surface area contributed by atoms with E-state index < -0.39 is 52.0 Å². The number of aryl methyl sites for hydroxylation is 1. The molecule has 9 heteroatoms. The van der Waals surface area contributed by atoms with Crippen LogP contribution in [0, 0.1) is 11.8 Å². The molecule has 6 N–H and O–H groups in total. The predicted octanol–water partition coefficient (Wildman–Crippen LogP) is 2.00. The topological polar surface area (TPSA) is 161 Å². The van der Waals surface area contributed by atoms with Crippen LogP contribution in [0.15, 0.2) is 35.6 Å². The number of unbranched alkanes of at least 4 members (excludes halogenated alkanes) is 1.